The summed E-state index contributed by atoms with van der Waals surface area (Å²) in [7, 11) is 0. The molecule has 8 heteroatoms. The number of fused-ring (bicyclic) bond motifs is 5. The van der Waals surface area contributed by atoms with Crippen LogP contribution in [0.2, 0.25) is 0 Å². The van der Waals surface area contributed by atoms with Crippen LogP contribution in [0, 0.1) is 28.6 Å². The van der Waals surface area contributed by atoms with Gasteiger partial charge in [-0.1, -0.05) is 32.4 Å². The molecule has 0 unspecified atom stereocenters. The highest BCUT2D eigenvalue weighted by Gasteiger charge is 2.72. The lowest BCUT2D eigenvalue weighted by molar-refractivity contribution is -0.171. The van der Waals surface area contributed by atoms with Gasteiger partial charge in [-0.25, -0.2) is 4.39 Å². The van der Waals surface area contributed by atoms with Crippen LogP contribution in [-0.4, -0.2) is 46.0 Å². The quantitative estimate of drug-likeness (QED) is 0.413. The van der Waals surface area contributed by atoms with E-state index in [1.165, 1.54) is 12.2 Å². The molecule has 0 heterocycles. The van der Waals surface area contributed by atoms with Crippen molar-refractivity contribution in [2.75, 3.05) is 5.88 Å². The molecule has 0 aromatic carbocycles. The summed E-state index contributed by atoms with van der Waals surface area (Å²) in [4.78, 5) is 23.2. The third kappa shape index (κ3) is 3.17. The highest BCUT2D eigenvalue weighted by molar-refractivity contribution is 6.45. The van der Waals surface area contributed by atoms with E-state index in [4.69, 9.17) is 39.5 Å². The van der Waals surface area contributed by atoms with Crippen molar-refractivity contribution in [1.82, 2.24) is 0 Å². The van der Waals surface area contributed by atoms with Gasteiger partial charge in [0.25, 0.3) is 0 Å². The standard InChI is InChI=1S/C24H30Cl3FO4/c1-4-20(31)32-21-12(2)7-13-14-8-17(28)15-9-18(29)16(26)10-22(15,3)24(14,27)19(30)11-23(13,21)5-6-25/h9-10,12-14,17,19,21,30H,4-8,11H2,1-3H3/t12-,13+,14+,17+,19+,21-,22+,23+,24+/m1/s1. The van der Waals surface area contributed by atoms with Crippen molar-refractivity contribution in [3.63, 3.8) is 0 Å². The molecule has 32 heavy (non-hydrogen) atoms. The van der Waals surface area contributed by atoms with Gasteiger partial charge >= 0.3 is 5.97 Å². The topological polar surface area (TPSA) is 63.6 Å². The number of alkyl halides is 3. The van der Waals surface area contributed by atoms with Crippen LogP contribution in [0.5, 0.6) is 0 Å². The van der Waals surface area contributed by atoms with Gasteiger partial charge in [-0.2, -0.15) is 0 Å². The first-order valence-corrected chi connectivity index (χ1v) is 12.7. The molecule has 3 fully saturated rings. The number of aliphatic hydroxyl groups excluding tert-OH is 1. The third-order valence-electron chi connectivity index (χ3n) is 8.77. The largest absolute Gasteiger partial charge is 0.461 e. The first-order chi connectivity index (χ1) is 15.0. The Balaban J connectivity index is 1.84. The minimum Gasteiger partial charge on any atom is -0.461 e. The number of hydrogen-bond acceptors (Lipinski definition) is 4. The normalized spacial score (nSPS) is 47.7. The fraction of sp³-hybridized carbons (Fsp3) is 0.750. The maximum absolute atomic E-state index is 15.6. The van der Waals surface area contributed by atoms with Crippen molar-refractivity contribution in [3.8, 4) is 0 Å². The summed E-state index contributed by atoms with van der Waals surface area (Å²) < 4.78 is 21.5. The number of aliphatic hydroxyl groups is 1. The maximum Gasteiger partial charge on any atom is 0.305 e. The fourth-order valence-corrected chi connectivity index (χ4v) is 8.52. The van der Waals surface area contributed by atoms with Crippen LogP contribution in [-0.2, 0) is 14.3 Å². The van der Waals surface area contributed by atoms with E-state index < -0.39 is 45.8 Å². The Morgan fingerprint density at radius 1 is 1.34 bits per heavy atom. The van der Waals surface area contributed by atoms with Crippen LogP contribution in [0.1, 0.15) is 52.9 Å². The van der Waals surface area contributed by atoms with Crippen molar-refractivity contribution in [1.29, 1.82) is 0 Å². The van der Waals surface area contributed by atoms with Gasteiger partial charge in [0.05, 0.1) is 16.0 Å². The number of carbonyl (C=O) groups excluding carboxylic acids is 2. The first kappa shape index (κ1) is 24.5. The highest BCUT2D eigenvalue weighted by atomic mass is 35.5. The Hall–Kier alpha value is -0.620. The molecule has 0 bridgehead atoms. The van der Waals surface area contributed by atoms with Gasteiger partial charge in [0.2, 0.25) is 0 Å². The summed E-state index contributed by atoms with van der Waals surface area (Å²) in [5, 5.41) is 11.6. The Kier molecular flexibility index (Phi) is 6.32. The average molecular weight is 508 g/mol. The second-order valence-electron chi connectivity index (χ2n) is 10.2. The van der Waals surface area contributed by atoms with Gasteiger partial charge < -0.3 is 9.84 Å². The number of ketones is 1. The van der Waals surface area contributed by atoms with Crippen LogP contribution >= 0.6 is 34.8 Å². The lowest BCUT2D eigenvalue weighted by Gasteiger charge is -2.64. The van der Waals surface area contributed by atoms with Crippen LogP contribution in [0.4, 0.5) is 4.39 Å². The van der Waals surface area contributed by atoms with Gasteiger partial charge in [0.1, 0.15) is 12.3 Å². The molecule has 0 amide bonds. The molecule has 178 valence electrons. The number of ether oxygens (including phenoxy) is 1. The lowest BCUT2D eigenvalue weighted by Crippen LogP contribution is -2.68. The molecule has 4 aliphatic rings. The first-order valence-electron chi connectivity index (χ1n) is 11.4. The summed E-state index contributed by atoms with van der Waals surface area (Å²) in [6, 6.07) is 0. The minimum atomic E-state index is -1.38. The van der Waals surface area contributed by atoms with Crippen molar-refractivity contribution in [2.24, 2.45) is 28.6 Å². The van der Waals surface area contributed by atoms with Gasteiger partial charge in [0.15, 0.2) is 5.78 Å². The van der Waals surface area contributed by atoms with Gasteiger partial charge in [-0.15, -0.1) is 23.2 Å². The molecule has 0 saturated heterocycles. The molecule has 9 atom stereocenters. The molecular weight excluding hydrogens is 478 g/mol. The SMILES string of the molecule is CCC(=O)O[C@@H]1[C@H](C)C[C@H]2[C@@H]3C[C@H](F)C4=CC(=O)C(Cl)=C[C@]4(C)[C@@]3(Cl)[C@@H](O)C[C@]12CCCl. The zero-order chi connectivity index (χ0) is 23.6. The predicted octanol–water partition coefficient (Wildman–Crippen LogP) is 5.32. The van der Waals surface area contributed by atoms with Gasteiger partial charge in [-0.3, -0.25) is 9.59 Å². The van der Waals surface area contributed by atoms with E-state index in [1.807, 2.05) is 6.92 Å². The summed E-state index contributed by atoms with van der Waals surface area (Å²) in [6.07, 6.45) is 1.83. The third-order valence-corrected chi connectivity index (χ3v) is 10.2. The fourth-order valence-electron chi connectivity index (χ4n) is 7.41. The smallest absolute Gasteiger partial charge is 0.305 e. The molecule has 0 aliphatic heterocycles. The number of esters is 1. The maximum atomic E-state index is 15.6. The molecular formula is C24H30Cl3FO4. The van der Waals surface area contributed by atoms with Crippen LogP contribution in [0.25, 0.3) is 0 Å². The second kappa shape index (κ2) is 8.25. The Bertz CT molecular complexity index is 890. The van der Waals surface area contributed by atoms with E-state index in [2.05, 4.69) is 0 Å². The molecule has 1 N–H and O–H groups in total. The van der Waals surface area contributed by atoms with E-state index in [0.29, 0.717) is 18.7 Å². The zero-order valence-electron chi connectivity index (χ0n) is 18.5. The van der Waals surface area contributed by atoms with E-state index >= 15 is 4.39 Å². The molecule has 0 radical (unpaired) electrons. The van der Waals surface area contributed by atoms with E-state index in [1.54, 1.807) is 13.8 Å². The van der Waals surface area contributed by atoms with Crippen molar-refractivity contribution in [3.05, 3.63) is 22.8 Å². The van der Waals surface area contributed by atoms with E-state index in [9.17, 15) is 14.7 Å². The molecule has 0 spiro atoms. The predicted molar refractivity (Wildman–Crippen MR) is 123 cm³/mol. The molecule has 0 aromatic heterocycles. The van der Waals surface area contributed by atoms with Crippen molar-refractivity contribution in [2.45, 2.75) is 76.1 Å². The molecule has 4 rings (SSSR count). The lowest BCUT2D eigenvalue weighted by atomic mass is 9.46. The summed E-state index contributed by atoms with van der Waals surface area (Å²) in [5.74, 6) is -0.871. The highest BCUT2D eigenvalue weighted by Crippen LogP contribution is 2.71. The Morgan fingerprint density at radius 2 is 2.03 bits per heavy atom. The summed E-state index contributed by atoms with van der Waals surface area (Å²) in [6.45, 7) is 5.55. The van der Waals surface area contributed by atoms with Crippen LogP contribution in [0.3, 0.4) is 0 Å². The molecule has 4 nitrogen and oxygen atoms in total. The van der Waals surface area contributed by atoms with Crippen LogP contribution in [0.15, 0.2) is 22.8 Å². The number of allylic oxidation sites excluding steroid dienone is 4. The van der Waals surface area contributed by atoms with Crippen LogP contribution < -0.4 is 0 Å². The molecule has 0 aromatic rings. The summed E-state index contributed by atoms with van der Waals surface area (Å²) in [5.41, 5.74) is -1.42. The minimum absolute atomic E-state index is 0.0107. The van der Waals surface area contributed by atoms with E-state index in [-0.39, 0.29) is 47.7 Å². The molecule has 4 aliphatic carbocycles. The van der Waals surface area contributed by atoms with Gasteiger partial charge in [0, 0.05) is 23.1 Å². The monoisotopic (exact) mass is 506 g/mol. The van der Waals surface area contributed by atoms with Crippen molar-refractivity contribution >= 4 is 46.6 Å². The second-order valence-corrected chi connectivity index (χ2v) is 11.6. The summed E-state index contributed by atoms with van der Waals surface area (Å²) >= 11 is 19.8. The number of rotatable bonds is 4. The number of hydrogen-bond donors (Lipinski definition) is 1. The van der Waals surface area contributed by atoms with Gasteiger partial charge in [-0.05, 0) is 61.2 Å². The number of carbonyl (C=O) groups is 2. The Morgan fingerprint density at radius 3 is 2.66 bits per heavy atom. The number of halogens is 4. The van der Waals surface area contributed by atoms with Crippen molar-refractivity contribution < 1.29 is 23.8 Å². The zero-order valence-corrected chi connectivity index (χ0v) is 20.8. The average Bonchev–Trinajstić information content (AvgIpc) is 2.98. The Labute approximate surface area is 203 Å². The van der Waals surface area contributed by atoms with E-state index in [0.717, 1.165) is 0 Å². The molecule has 3 saturated carbocycles.